The van der Waals surface area contributed by atoms with Gasteiger partial charge in [0.1, 0.15) is 5.75 Å². The van der Waals surface area contributed by atoms with Gasteiger partial charge in [-0.3, -0.25) is 0 Å². The highest BCUT2D eigenvalue weighted by Crippen LogP contribution is 2.33. The van der Waals surface area contributed by atoms with E-state index in [0.717, 1.165) is 12.1 Å². The number of halogens is 5. The molecule has 0 aromatic heterocycles. The van der Waals surface area contributed by atoms with Gasteiger partial charge >= 0.3 is 6.61 Å². The maximum absolute atomic E-state index is 13.6. The molecule has 0 aliphatic rings. The predicted octanol–water partition coefficient (Wildman–Crippen LogP) is 4.89. The lowest BCUT2D eigenvalue weighted by atomic mass is 10.0. The summed E-state index contributed by atoms with van der Waals surface area (Å²) in [5.41, 5.74) is 0.147. The van der Waals surface area contributed by atoms with Gasteiger partial charge in [0.2, 0.25) is 0 Å². The summed E-state index contributed by atoms with van der Waals surface area (Å²) in [7, 11) is 0. The van der Waals surface area contributed by atoms with Crippen LogP contribution in [0, 0.1) is 11.6 Å². The van der Waals surface area contributed by atoms with Crippen LogP contribution in [0.15, 0.2) is 36.4 Å². The van der Waals surface area contributed by atoms with Gasteiger partial charge < -0.3 is 4.74 Å². The molecule has 2 aromatic rings. The van der Waals surface area contributed by atoms with Crippen molar-refractivity contribution < 1.29 is 22.3 Å². The summed E-state index contributed by atoms with van der Waals surface area (Å²) < 4.78 is 54.9. The van der Waals surface area contributed by atoms with Gasteiger partial charge in [0.05, 0.1) is 5.02 Å². The molecule has 0 spiro atoms. The van der Waals surface area contributed by atoms with Crippen LogP contribution in [0.1, 0.15) is 0 Å². The minimum absolute atomic E-state index is 0.0114. The van der Waals surface area contributed by atoms with Crippen molar-refractivity contribution in [2.45, 2.75) is 6.61 Å². The summed E-state index contributed by atoms with van der Waals surface area (Å²) in [6, 6.07) is 7.25. The van der Waals surface area contributed by atoms with Crippen LogP contribution in [-0.4, -0.2) is 6.61 Å². The molecule has 19 heavy (non-hydrogen) atoms. The summed E-state index contributed by atoms with van der Waals surface area (Å²) >= 11 is 5.86. The molecule has 2 aromatic carbocycles. The second-order valence-corrected chi connectivity index (χ2v) is 4.03. The molecular formula is C13H7ClF4O. The van der Waals surface area contributed by atoms with Gasteiger partial charge in [0.25, 0.3) is 0 Å². The quantitative estimate of drug-likeness (QED) is 0.732. The summed E-state index contributed by atoms with van der Waals surface area (Å²) in [5, 5.41) is -0.0114. The highest BCUT2D eigenvalue weighted by atomic mass is 35.5. The molecule has 6 heteroatoms. The Morgan fingerprint density at radius 3 is 2.37 bits per heavy atom. The van der Waals surface area contributed by atoms with Crippen molar-refractivity contribution in [3.8, 4) is 16.9 Å². The van der Waals surface area contributed by atoms with Crippen LogP contribution in [0.25, 0.3) is 11.1 Å². The number of alkyl halides is 2. The Morgan fingerprint density at radius 1 is 1.00 bits per heavy atom. The monoisotopic (exact) mass is 290 g/mol. The van der Waals surface area contributed by atoms with Crippen LogP contribution in [-0.2, 0) is 0 Å². The molecule has 1 nitrogen and oxygen atoms in total. The van der Waals surface area contributed by atoms with Crippen molar-refractivity contribution in [1.82, 2.24) is 0 Å². The Hall–Kier alpha value is -1.75. The van der Waals surface area contributed by atoms with Gasteiger partial charge in [-0.25, -0.2) is 8.78 Å². The minimum atomic E-state index is -2.98. The molecule has 0 N–H and O–H groups in total. The molecule has 0 saturated heterocycles. The molecular weight excluding hydrogens is 284 g/mol. The van der Waals surface area contributed by atoms with E-state index in [0.29, 0.717) is 0 Å². The molecule has 0 saturated carbocycles. The molecule has 0 aliphatic carbocycles. The summed E-state index contributed by atoms with van der Waals surface area (Å²) in [4.78, 5) is 0. The first-order valence-electron chi connectivity index (χ1n) is 5.18. The maximum atomic E-state index is 13.6. The first-order chi connectivity index (χ1) is 8.99. The fraction of sp³-hybridized carbons (Fsp3) is 0.0769. The number of hydrogen-bond acceptors (Lipinski definition) is 1. The van der Waals surface area contributed by atoms with Crippen molar-refractivity contribution in [2.75, 3.05) is 0 Å². The average molecular weight is 291 g/mol. The van der Waals surface area contributed by atoms with Crippen LogP contribution >= 0.6 is 11.6 Å². The summed E-state index contributed by atoms with van der Waals surface area (Å²) in [5.74, 6) is -2.21. The standard InChI is InChI=1S/C13H7ClF4O/c14-10-6-7(19-13(17)18)4-5-8(10)9-2-1-3-11(15)12(9)16/h1-6,13H. The van der Waals surface area contributed by atoms with Crippen molar-refractivity contribution in [3.05, 3.63) is 53.1 Å². The molecule has 0 bridgehead atoms. The lowest BCUT2D eigenvalue weighted by molar-refractivity contribution is -0.0498. The fourth-order valence-corrected chi connectivity index (χ4v) is 1.87. The van der Waals surface area contributed by atoms with Crippen LogP contribution in [0.2, 0.25) is 5.02 Å². The van der Waals surface area contributed by atoms with Crippen molar-refractivity contribution in [2.24, 2.45) is 0 Å². The van der Waals surface area contributed by atoms with Gasteiger partial charge in [-0.05, 0) is 24.3 Å². The van der Waals surface area contributed by atoms with E-state index in [1.54, 1.807) is 0 Å². The Balaban J connectivity index is 2.43. The Bertz CT molecular complexity index is 601. The summed E-state index contributed by atoms with van der Waals surface area (Å²) in [6.07, 6.45) is 0. The molecule has 0 amide bonds. The number of ether oxygens (including phenoxy) is 1. The van der Waals surface area contributed by atoms with Gasteiger partial charge in [-0.15, -0.1) is 0 Å². The Labute approximate surface area is 111 Å². The number of rotatable bonds is 3. The molecule has 0 atom stereocenters. The highest BCUT2D eigenvalue weighted by Gasteiger charge is 2.14. The van der Waals surface area contributed by atoms with Crippen molar-refractivity contribution >= 4 is 11.6 Å². The third-order valence-corrected chi connectivity index (χ3v) is 2.72. The van der Waals surface area contributed by atoms with Gasteiger partial charge in [0, 0.05) is 11.1 Å². The average Bonchev–Trinajstić information content (AvgIpc) is 2.33. The summed E-state index contributed by atoms with van der Waals surface area (Å²) in [6.45, 7) is -2.98. The molecule has 0 heterocycles. The zero-order valence-corrected chi connectivity index (χ0v) is 10.1. The third kappa shape index (κ3) is 2.98. The second kappa shape index (κ2) is 5.48. The Kier molecular flexibility index (Phi) is 3.95. The SMILES string of the molecule is Fc1cccc(-c2ccc(OC(F)F)cc2Cl)c1F. The van der Waals surface area contributed by atoms with E-state index in [4.69, 9.17) is 11.6 Å². The zero-order chi connectivity index (χ0) is 14.0. The predicted molar refractivity (Wildman–Crippen MR) is 63.4 cm³/mol. The lowest BCUT2D eigenvalue weighted by Crippen LogP contribution is -2.01. The topological polar surface area (TPSA) is 9.23 Å². The largest absolute Gasteiger partial charge is 0.435 e. The van der Waals surface area contributed by atoms with Crippen LogP contribution < -0.4 is 4.74 Å². The zero-order valence-electron chi connectivity index (χ0n) is 9.34. The Morgan fingerprint density at radius 2 is 1.74 bits per heavy atom. The first kappa shape index (κ1) is 13.7. The molecule has 0 radical (unpaired) electrons. The van der Waals surface area contributed by atoms with E-state index in [-0.39, 0.29) is 21.9 Å². The molecule has 100 valence electrons. The van der Waals surface area contributed by atoms with Crippen LogP contribution in [0.3, 0.4) is 0 Å². The third-order valence-electron chi connectivity index (χ3n) is 2.41. The van der Waals surface area contributed by atoms with E-state index in [1.807, 2.05) is 0 Å². The van der Waals surface area contributed by atoms with E-state index < -0.39 is 18.2 Å². The van der Waals surface area contributed by atoms with Crippen molar-refractivity contribution in [3.63, 3.8) is 0 Å². The maximum Gasteiger partial charge on any atom is 0.387 e. The smallest absolute Gasteiger partial charge is 0.387 e. The van der Waals surface area contributed by atoms with E-state index in [1.165, 1.54) is 24.3 Å². The van der Waals surface area contributed by atoms with E-state index in [9.17, 15) is 17.6 Å². The van der Waals surface area contributed by atoms with Crippen LogP contribution in [0.4, 0.5) is 17.6 Å². The van der Waals surface area contributed by atoms with E-state index >= 15 is 0 Å². The molecule has 0 aliphatic heterocycles. The van der Waals surface area contributed by atoms with Gasteiger partial charge in [0.15, 0.2) is 11.6 Å². The molecule has 2 rings (SSSR count). The number of benzene rings is 2. The minimum Gasteiger partial charge on any atom is -0.435 e. The van der Waals surface area contributed by atoms with Gasteiger partial charge in [-0.2, -0.15) is 8.78 Å². The lowest BCUT2D eigenvalue weighted by Gasteiger charge is -2.09. The highest BCUT2D eigenvalue weighted by molar-refractivity contribution is 6.33. The van der Waals surface area contributed by atoms with Crippen LogP contribution in [0.5, 0.6) is 5.75 Å². The normalized spacial score (nSPS) is 10.8. The van der Waals surface area contributed by atoms with Gasteiger partial charge in [-0.1, -0.05) is 23.7 Å². The molecule has 0 unspecified atom stereocenters. The fourth-order valence-electron chi connectivity index (χ4n) is 1.60. The molecule has 0 fully saturated rings. The number of hydrogen-bond donors (Lipinski definition) is 0. The van der Waals surface area contributed by atoms with Crippen molar-refractivity contribution in [1.29, 1.82) is 0 Å². The first-order valence-corrected chi connectivity index (χ1v) is 5.55. The second-order valence-electron chi connectivity index (χ2n) is 3.62. The van der Waals surface area contributed by atoms with E-state index in [2.05, 4.69) is 4.74 Å².